The molecule has 0 bridgehead atoms. The fraction of sp³-hybridized carbons (Fsp3) is 0.646. The Morgan fingerprint density at radius 1 is 0.753 bits per heavy atom. The van der Waals surface area contributed by atoms with Gasteiger partial charge in [-0.25, -0.2) is 14.8 Å². The number of primary amides is 1. The van der Waals surface area contributed by atoms with Crippen LogP contribution in [0.4, 0.5) is 22.1 Å². The molecule has 7 N–H and O–H groups in total. The zero-order chi connectivity index (χ0) is 63.2. The minimum absolute atomic E-state index is 0.0138. The van der Waals surface area contributed by atoms with Gasteiger partial charge < -0.3 is 75.8 Å². The van der Waals surface area contributed by atoms with Gasteiger partial charge in [0.25, 0.3) is 5.91 Å². The minimum Gasteiger partial charge on any atom is -0.379 e. The maximum Gasteiger partial charge on any atom is 0.319 e. The average molecular weight is 1240 g/mol. The van der Waals surface area contributed by atoms with E-state index >= 15 is 0 Å². The number of likely N-dealkylation sites (N-methyl/N-ethyl adjacent to an activating group) is 2. The minimum atomic E-state index is -0.822. The molecule has 0 unspecified atom stereocenters. The summed E-state index contributed by atoms with van der Waals surface area (Å²) in [5.74, 6) is -0.588. The SMILES string of the molecule is CCN(C(=O)N(C)C)[C@@H]1CCCN(c2cnc(C(N)=O)c(Nc3ccc(C4CCN(C(=O)CCOCCOCCOCCOCCC(=O)N[C@H]5C[C@@H](C(=O)N[C@@H]6CCCc7ccccc76)N(C(=O)[C@@H](NC(=O)[C@H](C)NC)C6CCCCC6)C5)CC4)cc3)n2)C1. The molecule has 0 spiro atoms. The molecular formula is C65H97N13O11. The van der Waals surface area contributed by atoms with Gasteiger partial charge in [0.2, 0.25) is 29.5 Å². The number of aromatic nitrogens is 2. The van der Waals surface area contributed by atoms with E-state index in [2.05, 4.69) is 60.7 Å². The third kappa shape index (κ3) is 19.3. The lowest BCUT2D eigenvalue weighted by Gasteiger charge is -2.40. The predicted octanol–water partition coefficient (Wildman–Crippen LogP) is 4.80. The second kappa shape index (κ2) is 34.3. The second-order valence-corrected chi connectivity index (χ2v) is 24.4. The Labute approximate surface area is 524 Å². The van der Waals surface area contributed by atoms with Gasteiger partial charge in [-0.15, -0.1) is 0 Å². The zero-order valence-corrected chi connectivity index (χ0v) is 53.0. The van der Waals surface area contributed by atoms with Crippen molar-refractivity contribution in [3.05, 3.63) is 77.1 Å². The first-order valence-electron chi connectivity index (χ1n) is 32.4. The molecule has 4 heterocycles. The van der Waals surface area contributed by atoms with E-state index in [0.29, 0.717) is 71.6 Å². The van der Waals surface area contributed by atoms with Crippen molar-refractivity contribution < 1.29 is 52.5 Å². The summed E-state index contributed by atoms with van der Waals surface area (Å²) in [5, 5.41) is 15.6. The first-order valence-corrected chi connectivity index (χ1v) is 32.4. The van der Waals surface area contributed by atoms with E-state index in [1.807, 2.05) is 41.0 Å². The number of aryl methyl sites for hydroxylation is 1. The Morgan fingerprint density at radius 3 is 2.09 bits per heavy atom. The first kappa shape index (κ1) is 67.9. The van der Waals surface area contributed by atoms with Crippen LogP contribution in [0.25, 0.3) is 0 Å². The summed E-state index contributed by atoms with van der Waals surface area (Å²) in [6, 6.07) is 13.4. The molecule has 488 valence electrons. The van der Waals surface area contributed by atoms with Crippen LogP contribution in [0.15, 0.2) is 54.7 Å². The van der Waals surface area contributed by atoms with Gasteiger partial charge >= 0.3 is 6.03 Å². The van der Waals surface area contributed by atoms with Crippen LogP contribution in [0.1, 0.15) is 143 Å². The summed E-state index contributed by atoms with van der Waals surface area (Å²) in [5.41, 5.74) is 9.96. The molecule has 2 aliphatic carbocycles. The van der Waals surface area contributed by atoms with Gasteiger partial charge in [0.15, 0.2) is 11.5 Å². The van der Waals surface area contributed by atoms with E-state index in [-0.39, 0.29) is 110 Å². The number of rotatable bonds is 30. The number of nitrogens with zero attached hydrogens (tertiary/aromatic N) is 7. The van der Waals surface area contributed by atoms with Gasteiger partial charge in [0.05, 0.1) is 83.6 Å². The lowest BCUT2D eigenvalue weighted by molar-refractivity contribution is -0.143. The Balaban J connectivity index is 0.676. The number of piperidine rings is 2. The lowest BCUT2D eigenvalue weighted by atomic mass is 9.83. The molecule has 8 amide bonds. The topological polar surface area (TPSA) is 285 Å². The van der Waals surface area contributed by atoms with Crippen molar-refractivity contribution in [2.45, 2.75) is 152 Å². The number of carbonyl (C=O) groups excluding carboxylic acids is 7. The molecule has 1 saturated carbocycles. The summed E-state index contributed by atoms with van der Waals surface area (Å²) in [6.45, 7) is 9.59. The molecule has 89 heavy (non-hydrogen) atoms. The molecular weight excluding hydrogens is 1140 g/mol. The molecule has 3 aliphatic heterocycles. The third-order valence-electron chi connectivity index (χ3n) is 18.1. The van der Waals surface area contributed by atoms with E-state index in [0.717, 1.165) is 100 Å². The van der Waals surface area contributed by atoms with Crippen molar-refractivity contribution in [1.82, 2.24) is 50.8 Å². The Bertz CT molecular complexity index is 2810. The van der Waals surface area contributed by atoms with Gasteiger partial charge in [-0.1, -0.05) is 55.7 Å². The van der Waals surface area contributed by atoms with E-state index < -0.39 is 30.1 Å². The predicted molar refractivity (Wildman–Crippen MR) is 337 cm³/mol. The van der Waals surface area contributed by atoms with Crippen LogP contribution in [0.2, 0.25) is 0 Å². The number of carbonyl (C=O) groups is 7. The number of nitrogens with one attached hydrogen (secondary N) is 5. The van der Waals surface area contributed by atoms with Gasteiger partial charge in [0.1, 0.15) is 17.9 Å². The summed E-state index contributed by atoms with van der Waals surface area (Å²) in [6.07, 6.45) is 12.9. The number of hydrogen-bond donors (Lipinski definition) is 6. The van der Waals surface area contributed by atoms with Crippen molar-refractivity contribution in [2.75, 3.05) is 123 Å². The number of benzene rings is 2. The summed E-state index contributed by atoms with van der Waals surface area (Å²) in [4.78, 5) is 112. The third-order valence-corrected chi connectivity index (χ3v) is 18.1. The van der Waals surface area contributed by atoms with Crippen LogP contribution in [0.5, 0.6) is 0 Å². The van der Waals surface area contributed by atoms with E-state index in [1.54, 1.807) is 44.1 Å². The van der Waals surface area contributed by atoms with Crippen LogP contribution in [-0.2, 0) is 49.3 Å². The molecule has 0 radical (unpaired) electrons. The number of nitrogens with two attached hydrogens (primary N) is 1. The molecule has 6 atom stereocenters. The highest BCUT2D eigenvalue weighted by molar-refractivity contribution is 5.96. The fourth-order valence-corrected chi connectivity index (χ4v) is 13.0. The number of hydrogen-bond acceptors (Lipinski definition) is 16. The van der Waals surface area contributed by atoms with Crippen LogP contribution < -0.4 is 37.2 Å². The smallest absolute Gasteiger partial charge is 0.319 e. The highest BCUT2D eigenvalue weighted by Crippen LogP contribution is 2.34. The Kier molecular flexibility index (Phi) is 26.2. The van der Waals surface area contributed by atoms with Crippen molar-refractivity contribution in [2.24, 2.45) is 11.7 Å². The van der Waals surface area contributed by atoms with Crippen LogP contribution >= 0.6 is 0 Å². The number of anilines is 3. The van der Waals surface area contributed by atoms with E-state index in [4.69, 9.17) is 29.7 Å². The van der Waals surface area contributed by atoms with Crippen LogP contribution in [0, 0.1) is 5.92 Å². The monoisotopic (exact) mass is 1240 g/mol. The molecule has 5 aliphatic rings. The number of ether oxygens (including phenoxy) is 4. The summed E-state index contributed by atoms with van der Waals surface area (Å²) < 4.78 is 22.7. The van der Waals surface area contributed by atoms with Gasteiger partial charge in [-0.05, 0) is 126 Å². The van der Waals surface area contributed by atoms with Gasteiger partial charge in [-0.2, -0.15) is 0 Å². The molecule has 4 fully saturated rings. The number of likely N-dealkylation sites (tertiary alicyclic amines) is 2. The highest BCUT2D eigenvalue weighted by Gasteiger charge is 2.45. The van der Waals surface area contributed by atoms with E-state index in [1.165, 1.54) is 5.56 Å². The maximum absolute atomic E-state index is 14.7. The summed E-state index contributed by atoms with van der Waals surface area (Å²) in [7, 11) is 5.22. The fourth-order valence-electron chi connectivity index (χ4n) is 13.0. The van der Waals surface area contributed by atoms with Crippen molar-refractivity contribution in [3.63, 3.8) is 0 Å². The Morgan fingerprint density at radius 2 is 1.43 bits per heavy atom. The molecule has 24 nitrogen and oxygen atoms in total. The molecule has 1 aromatic heterocycles. The first-order chi connectivity index (χ1) is 43.1. The molecule has 2 aromatic carbocycles. The lowest BCUT2D eigenvalue weighted by Crippen LogP contribution is -2.58. The summed E-state index contributed by atoms with van der Waals surface area (Å²) >= 11 is 0. The quantitative estimate of drug-likeness (QED) is 0.0489. The highest BCUT2D eigenvalue weighted by atomic mass is 16.6. The van der Waals surface area contributed by atoms with E-state index in [9.17, 15) is 33.6 Å². The molecule has 8 rings (SSSR count). The second-order valence-electron chi connectivity index (χ2n) is 24.4. The Hall–Kier alpha value is -6.99. The van der Waals surface area contributed by atoms with Crippen molar-refractivity contribution >= 4 is 58.8 Å². The van der Waals surface area contributed by atoms with Crippen LogP contribution in [0.3, 0.4) is 0 Å². The normalized spacial score (nSPS) is 20.4. The van der Waals surface area contributed by atoms with Crippen molar-refractivity contribution in [3.8, 4) is 0 Å². The maximum atomic E-state index is 14.7. The molecule has 3 aromatic rings. The average Bonchev–Trinajstić information content (AvgIpc) is 1.99. The number of amides is 8. The largest absolute Gasteiger partial charge is 0.379 e. The molecule has 24 heteroatoms. The molecule has 3 saturated heterocycles. The van der Waals surface area contributed by atoms with Gasteiger partial charge in [0, 0.05) is 71.5 Å². The van der Waals surface area contributed by atoms with Crippen molar-refractivity contribution in [1.29, 1.82) is 0 Å². The van der Waals surface area contributed by atoms with Gasteiger partial charge in [-0.3, -0.25) is 28.8 Å². The number of fused-ring (bicyclic) bond motifs is 1. The standard InChI is InChI=1S/C65H97N13O11/c1-6-77(65(85)74(4)5)51-18-13-29-76(43-51)55-41-68-59(60(66)81)61(72-55)70-49-23-21-45(22-24-49)46-25-30-75(31-26-46)57(80)28-33-87-35-37-89-39-38-88-36-34-86-32-27-56(79)69-50-40-54(63(83)71-53-20-12-17-47-14-10-11-19-52(47)53)78(42-50)64(84)58(48-15-8-7-9-16-48)73-62(82)44(2)67-3/h10-11,14,19,21-24,41,44,46,48,50-51,53-54,58,67H,6-9,12-13,15-18,20,25-40,42-43H2,1-5H3,(H2,66,81)(H,69,79)(H,70,72)(H,71,83)(H,73,82)/t44-,50-,51+,53+,54-,58-/m0/s1. The zero-order valence-electron chi connectivity index (χ0n) is 53.0. The van der Waals surface area contributed by atoms with Crippen LogP contribution in [-0.4, -0.2) is 215 Å². The number of urea groups is 1.